The highest BCUT2D eigenvalue weighted by Crippen LogP contribution is 2.24. The normalized spacial score (nSPS) is 10.8. The average molecular weight is 508 g/mol. The Hall–Kier alpha value is -1.47. The van der Waals surface area contributed by atoms with E-state index < -0.39 is 0 Å². The van der Waals surface area contributed by atoms with Gasteiger partial charge in [-0.15, -0.1) is 0 Å². The molecule has 0 aromatic heterocycles. The molecule has 0 bridgehead atoms. The Morgan fingerprint density at radius 2 is 1.21 bits per heavy atom. The van der Waals surface area contributed by atoms with Crippen molar-refractivity contribution in [2.75, 3.05) is 24.7 Å². The van der Waals surface area contributed by atoms with Gasteiger partial charge in [-0.3, -0.25) is 9.59 Å². The van der Waals surface area contributed by atoms with Crippen LogP contribution >= 0.6 is 23.5 Å². The van der Waals surface area contributed by atoms with Gasteiger partial charge in [-0.25, -0.2) is 0 Å². The van der Waals surface area contributed by atoms with E-state index in [1.807, 2.05) is 0 Å². The molecule has 0 amide bonds. The van der Waals surface area contributed by atoms with Crippen molar-refractivity contribution in [1.82, 2.24) is 0 Å². The number of nitrogens with zero attached hydrogens (tertiary/aromatic N) is 3. The smallest absolute Gasteiger partial charge is 0.185 e. The van der Waals surface area contributed by atoms with E-state index in [1.165, 1.54) is 40.2 Å². The van der Waals surface area contributed by atoms with Crippen molar-refractivity contribution in [3.05, 3.63) is 44.8 Å². The van der Waals surface area contributed by atoms with Crippen LogP contribution in [0.4, 0.5) is 0 Å². The van der Waals surface area contributed by atoms with E-state index in [2.05, 4.69) is 22.2 Å². The molecule has 1 aromatic rings. The molecule has 0 atom stereocenters. The second-order valence-corrected chi connectivity index (χ2v) is 11.1. The Labute approximate surface area is 213 Å². The van der Waals surface area contributed by atoms with E-state index in [4.69, 9.17) is 5.53 Å². The number of aliphatic hydroxyl groups excluding tert-OH is 1. The van der Waals surface area contributed by atoms with Crippen molar-refractivity contribution in [2.24, 2.45) is 5.11 Å². The predicted octanol–water partition coefficient (Wildman–Crippen LogP) is 6.84. The van der Waals surface area contributed by atoms with Crippen LogP contribution in [0.1, 0.15) is 87.5 Å². The summed E-state index contributed by atoms with van der Waals surface area (Å²) in [7, 11) is 0. The molecule has 0 fully saturated rings. The van der Waals surface area contributed by atoms with Gasteiger partial charge in [0.1, 0.15) is 0 Å². The maximum absolute atomic E-state index is 11.0. The molecule has 0 aliphatic heterocycles. The lowest BCUT2D eigenvalue weighted by atomic mass is 9.90. The molecule has 0 aliphatic rings. The van der Waals surface area contributed by atoms with E-state index in [0.29, 0.717) is 19.4 Å². The summed E-state index contributed by atoms with van der Waals surface area (Å²) in [5, 5.41) is 13.6. The van der Waals surface area contributed by atoms with Crippen molar-refractivity contribution >= 4 is 33.8 Å². The van der Waals surface area contributed by atoms with Gasteiger partial charge in [0.2, 0.25) is 0 Å². The number of azide groups is 1. The lowest BCUT2D eigenvalue weighted by Gasteiger charge is -2.17. The summed E-state index contributed by atoms with van der Waals surface area (Å²) in [5.74, 6) is 1.82. The van der Waals surface area contributed by atoms with Crippen LogP contribution in [-0.2, 0) is 35.3 Å². The largest absolute Gasteiger partial charge is 0.396 e. The molecule has 190 valence electrons. The molecule has 0 saturated heterocycles. The zero-order chi connectivity index (χ0) is 25.0. The lowest BCUT2D eigenvalue weighted by molar-refractivity contribution is -0.109. The van der Waals surface area contributed by atoms with Gasteiger partial charge in [0.25, 0.3) is 0 Å². The van der Waals surface area contributed by atoms with Gasteiger partial charge >= 0.3 is 0 Å². The molecule has 34 heavy (non-hydrogen) atoms. The summed E-state index contributed by atoms with van der Waals surface area (Å²) in [6, 6.07) is 4.55. The predicted molar refractivity (Wildman–Crippen MR) is 146 cm³/mol. The second kappa shape index (κ2) is 19.8. The number of unbranched alkanes of at least 4 members (excludes halogenated alkanes) is 6. The van der Waals surface area contributed by atoms with Gasteiger partial charge < -0.3 is 5.11 Å². The number of rotatable bonds is 19. The molecular weight excluding hydrogens is 466 g/mol. The first-order valence-corrected chi connectivity index (χ1v) is 14.5. The van der Waals surface area contributed by atoms with Crippen LogP contribution < -0.4 is 0 Å². The lowest BCUT2D eigenvalue weighted by Crippen LogP contribution is -2.05. The number of hydrogen-bond acceptors (Lipinski definition) is 6. The van der Waals surface area contributed by atoms with E-state index >= 15 is 0 Å². The summed E-state index contributed by atoms with van der Waals surface area (Å²) in [4.78, 5) is 25.0. The number of hydrogen-bond donors (Lipinski definition) is 1. The number of aryl methyl sites for hydroxylation is 2. The Morgan fingerprint density at radius 3 is 1.65 bits per heavy atom. The highest BCUT2D eigenvalue weighted by Gasteiger charge is 2.10. The van der Waals surface area contributed by atoms with Crippen LogP contribution in [0.5, 0.6) is 0 Å². The quantitative estimate of drug-likeness (QED) is 0.0955. The molecule has 1 aromatic carbocycles. The summed E-state index contributed by atoms with van der Waals surface area (Å²) in [6.45, 7) is 3.79. The molecule has 1 N–H and O–H groups in total. The highest BCUT2D eigenvalue weighted by molar-refractivity contribution is 8.13. The molecule has 0 unspecified atom stereocenters. The average Bonchev–Trinajstić information content (AvgIpc) is 2.79. The van der Waals surface area contributed by atoms with Crippen molar-refractivity contribution in [3.8, 4) is 0 Å². The number of benzene rings is 1. The zero-order valence-corrected chi connectivity index (χ0v) is 22.5. The van der Waals surface area contributed by atoms with Gasteiger partial charge in [0.05, 0.1) is 0 Å². The first kappa shape index (κ1) is 30.6. The highest BCUT2D eigenvalue weighted by atomic mass is 32.2. The Kier molecular flexibility index (Phi) is 17.8. The zero-order valence-electron chi connectivity index (χ0n) is 20.9. The molecule has 0 spiro atoms. The molecule has 8 heteroatoms. The van der Waals surface area contributed by atoms with Gasteiger partial charge in [0, 0.05) is 43.4 Å². The third kappa shape index (κ3) is 14.7. The topological polar surface area (TPSA) is 103 Å². The maximum Gasteiger partial charge on any atom is 0.185 e. The Bertz CT molecular complexity index is 796. The summed E-state index contributed by atoms with van der Waals surface area (Å²) < 4.78 is 0. The third-order valence-corrected chi connectivity index (χ3v) is 7.54. The first-order chi connectivity index (χ1) is 16.5. The molecular formula is C26H41N3O3S2. The van der Waals surface area contributed by atoms with Crippen molar-refractivity contribution in [1.29, 1.82) is 0 Å². The summed E-state index contributed by atoms with van der Waals surface area (Å²) in [6.07, 6.45) is 12.3. The number of carbonyl (C=O) groups is 2. The fraction of sp³-hybridized carbons (Fsp3) is 0.692. The van der Waals surface area contributed by atoms with Crippen molar-refractivity contribution < 1.29 is 14.7 Å². The number of thioether (sulfide) groups is 2. The van der Waals surface area contributed by atoms with Gasteiger partial charge in [0.15, 0.2) is 10.2 Å². The summed E-state index contributed by atoms with van der Waals surface area (Å²) >= 11 is 2.82. The van der Waals surface area contributed by atoms with Crippen molar-refractivity contribution in [2.45, 2.75) is 90.9 Å². The van der Waals surface area contributed by atoms with Crippen LogP contribution in [0.25, 0.3) is 10.4 Å². The van der Waals surface area contributed by atoms with Gasteiger partial charge in [-0.2, -0.15) is 0 Å². The number of aliphatic hydroxyl groups is 1. The van der Waals surface area contributed by atoms with Crippen LogP contribution in [0.15, 0.2) is 17.2 Å². The van der Waals surface area contributed by atoms with E-state index in [9.17, 15) is 14.7 Å². The van der Waals surface area contributed by atoms with Gasteiger partial charge in [-0.1, -0.05) is 66.5 Å². The minimum absolute atomic E-state index is 0.111. The van der Waals surface area contributed by atoms with Gasteiger partial charge in [-0.05, 0) is 79.2 Å². The maximum atomic E-state index is 11.0. The van der Waals surface area contributed by atoms with Crippen LogP contribution in [-0.4, -0.2) is 40.0 Å². The first-order valence-electron chi connectivity index (χ1n) is 12.5. The van der Waals surface area contributed by atoms with Crippen LogP contribution in [0.3, 0.4) is 0 Å². The third-order valence-electron chi connectivity index (χ3n) is 5.74. The second-order valence-electron chi connectivity index (χ2n) is 8.58. The molecule has 1 rings (SSSR count). The van der Waals surface area contributed by atoms with E-state index in [0.717, 1.165) is 81.3 Å². The van der Waals surface area contributed by atoms with E-state index in [-0.39, 0.29) is 16.8 Å². The Morgan fingerprint density at radius 1 is 0.765 bits per heavy atom. The van der Waals surface area contributed by atoms with Crippen molar-refractivity contribution in [3.63, 3.8) is 0 Å². The Balaban J connectivity index is 2.73. The summed E-state index contributed by atoms with van der Waals surface area (Å²) in [5.41, 5.74) is 13.7. The standard InChI is InChI=1S/C26H41N3O3S2/c1-21(31)33-17-9-5-3-7-11-23-19-25(13-15-28-29-27)26(14-16-30)20-24(23)12-8-4-6-10-18-34-22(2)32/h19-20,30H,3-18H2,1-2H3. The fourth-order valence-corrected chi connectivity index (χ4v) is 5.30. The molecule has 0 heterocycles. The van der Waals surface area contributed by atoms with E-state index in [1.54, 1.807) is 13.8 Å². The number of carbonyl (C=O) groups excluding carboxylic acids is 2. The molecule has 6 nitrogen and oxygen atoms in total. The minimum atomic E-state index is 0.111. The molecule has 0 aliphatic carbocycles. The minimum Gasteiger partial charge on any atom is -0.396 e. The van der Waals surface area contributed by atoms with Crippen LogP contribution in [0.2, 0.25) is 0 Å². The SMILES string of the molecule is CC(=O)SCCCCCCc1cc(CCO)c(CCN=[N+]=[N-])cc1CCCCCCSC(C)=O. The van der Waals surface area contributed by atoms with Crippen LogP contribution in [0, 0.1) is 0 Å². The molecule has 0 radical (unpaired) electrons. The monoisotopic (exact) mass is 507 g/mol. The fourth-order valence-electron chi connectivity index (χ4n) is 4.03. The molecule has 0 saturated carbocycles.